The van der Waals surface area contributed by atoms with Gasteiger partial charge in [0, 0.05) is 0 Å². The van der Waals surface area contributed by atoms with Crippen molar-refractivity contribution in [2.75, 3.05) is 0 Å². The molecule has 3 aromatic rings. The van der Waals surface area contributed by atoms with Gasteiger partial charge in [0.2, 0.25) is 0 Å². The second-order valence-electron chi connectivity index (χ2n) is 12.1. The zero-order valence-corrected chi connectivity index (χ0v) is 25.2. The van der Waals surface area contributed by atoms with E-state index in [2.05, 4.69) is 41.5 Å². The maximum Gasteiger partial charge on any atom is 0.344 e. The van der Waals surface area contributed by atoms with E-state index in [1.165, 1.54) is 49.7 Å². The fourth-order valence-corrected chi connectivity index (χ4v) is 5.03. The minimum absolute atomic E-state index is 0.0527. The van der Waals surface area contributed by atoms with Crippen LogP contribution < -0.4 is 9.47 Å². The molecule has 0 aliphatic carbocycles. The molecule has 0 fully saturated rings. The molecule has 0 aliphatic heterocycles. The predicted octanol–water partition coefficient (Wildman–Crippen LogP) is 9.84. The molecule has 0 saturated carbocycles. The fraction of sp³-hybridized carbons (Fsp3) is 0.444. The lowest BCUT2D eigenvalue weighted by Crippen LogP contribution is -2.19. The van der Waals surface area contributed by atoms with Gasteiger partial charge >= 0.3 is 11.9 Å². The third kappa shape index (κ3) is 8.55. The minimum atomic E-state index is -0.591. The van der Waals surface area contributed by atoms with Gasteiger partial charge in [-0.3, -0.25) is 0 Å². The number of ether oxygens (including phenoxy) is 2. The number of esters is 2. The van der Waals surface area contributed by atoms with Crippen LogP contribution in [0.2, 0.25) is 0 Å². The smallest absolute Gasteiger partial charge is 0.344 e. The summed E-state index contributed by atoms with van der Waals surface area (Å²) >= 11 is 0. The van der Waals surface area contributed by atoms with Gasteiger partial charge in [-0.1, -0.05) is 116 Å². The average Bonchev–Trinajstić information content (AvgIpc) is 2.94. The van der Waals surface area contributed by atoms with Gasteiger partial charge in [-0.2, -0.15) is 0 Å². The first-order chi connectivity index (χ1) is 19.1. The molecule has 3 rings (SSSR count). The SMILES string of the molecule is CCCCCC(C)(C)c1ccc(OC(=O)c2ccccc2C(=O)Oc2ccc(C(C)(C)CCCCC)cc2)cc1. The zero-order valence-electron chi connectivity index (χ0n) is 25.2. The van der Waals surface area contributed by atoms with E-state index in [9.17, 15) is 9.59 Å². The summed E-state index contributed by atoms with van der Waals surface area (Å²) in [6, 6.07) is 22.0. The molecule has 0 atom stereocenters. The van der Waals surface area contributed by atoms with Crippen molar-refractivity contribution < 1.29 is 19.1 Å². The number of carbonyl (C=O) groups excluding carboxylic acids is 2. The van der Waals surface area contributed by atoms with E-state index in [1.54, 1.807) is 24.3 Å². The van der Waals surface area contributed by atoms with E-state index in [1.807, 2.05) is 48.5 Å². The molecule has 0 N–H and O–H groups in total. The van der Waals surface area contributed by atoms with Crippen molar-refractivity contribution in [1.82, 2.24) is 0 Å². The standard InChI is InChI=1S/C36H46O4/c1-7-9-13-25-35(3,4)27-17-21-29(22-18-27)39-33(37)31-15-11-12-16-32(31)34(38)40-30-23-19-28(20-24-30)36(5,6)26-14-10-8-2/h11-12,15-24H,7-10,13-14,25-26H2,1-6H3. The van der Waals surface area contributed by atoms with E-state index in [4.69, 9.17) is 9.47 Å². The Labute approximate surface area is 241 Å². The molecule has 0 spiro atoms. The summed E-state index contributed by atoms with van der Waals surface area (Å²) < 4.78 is 11.3. The number of carbonyl (C=O) groups is 2. The van der Waals surface area contributed by atoms with Crippen molar-refractivity contribution in [1.29, 1.82) is 0 Å². The normalized spacial score (nSPS) is 11.8. The third-order valence-electron chi connectivity index (χ3n) is 7.87. The highest BCUT2D eigenvalue weighted by Gasteiger charge is 2.23. The maximum absolute atomic E-state index is 13.1. The van der Waals surface area contributed by atoms with Crippen LogP contribution in [0.15, 0.2) is 72.8 Å². The lowest BCUT2D eigenvalue weighted by Gasteiger charge is -2.25. The molecule has 4 heteroatoms. The highest BCUT2D eigenvalue weighted by Crippen LogP contribution is 2.32. The number of hydrogen-bond acceptors (Lipinski definition) is 4. The number of rotatable bonds is 14. The first-order valence-electron chi connectivity index (χ1n) is 14.8. The molecule has 214 valence electrons. The van der Waals surface area contributed by atoms with E-state index in [0.29, 0.717) is 11.5 Å². The van der Waals surface area contributed by atoms with Crippen molar-refractivity contribution in [2.24, 2.45) is 0 Å². The van der Waals surface area contributed by atoms with Crippen LogP contribution in [-0.4, -0.2) is 11.9 Å². The van der Waals surface area contributed by atoms with Crippen LogP contribution >= 0.6 is 0 Å². The van der Waals surface area contributed by atoms with Gasteiger partial charge in [-0.15, -0.1) is 0 Å². The van der Waals surface area contributed by atoms with E-state index < -0.39 is 11.9 Å². The summed E-state index contributed by atoms with van der Waals surface area (Å²) in [5.74, 6) is -0.296. The van der Waals surface area contributed by atoms with Crippen molar-refractivity contribution in [2.45, 2.75) is 104 Å². The van der Waals surface area contributed by atoms with Crippen molar-refractivity contribution in [3.63, 3.8) is 0 Å². The summed E-state index contributed by atoms with van der Waals surface area (Å²) in [6.45, 7) is 13.4. The van der Waals surface area contributed by atoms with Crippen LogP contribution in [0.4, 0.5) is 0 Å². The molecule has 0 bridgehead atoms. The lowest BCUT2D eigenvalue weighted by atomic mass is 9.80. The Morgan fingerprint density at radius 1 is 0.550 bits per heavy atom. The highest BCUT2D eigenvalue weighted by atomic mass is 16.5. The number of hydrogen-bond donors (Lipinski definition) is 0. The van der Waals surface area contributed by atoms with E-state index in [0.717, 1.165) is 12.8 Å². The average molecular weight is 543 g/mol. The van der Waals surface area contributed by atoms with Gasteiger partial charge in [-0.05, 0) is 71.2 Å². The lowest BCUT2D eigenvalue weighted by molar-refractivity contribution is 0.0692. The maximum atomic E-state index is 13.1. The van der Waals surface area contributed by atoms with Crippen LogP contribution in [0.5, 0.6) is 11.5 Å². The fourth-order valence-electron chi connectivity index (χ4n) is 5.03. The predicted molar refractivity (Wildman–Crippen MR) is 164 cm³/mol. The molecule has 0 amide bonds. The second kappa shape index (κ2) is 14.3. The van der Waals surface area contributed by atoms with Gasteiger partial charge in [0.25, 0.3) is 0 Å². The van der Waals surface area contributed by atoms with Gasteiger partial charge in [0.05, 0.1) is 11.1 Å². The summed E-state index contributed by atoms with van der Waals surface area (Å²) in [4.78, 5) is 26.2. The van der Waals surface area contributed by atoms with Crippen molar-refractivity contribution >= 4 is 11.9 Å². The van der Waals surface area contributed by atoms with Crippen LogP contribution in [0.1, 0.15) is 125 Å². The Bertz CT molecular complexity index is 1140. The molecular formula is C36H46O4. The summed E-state index contributed by atoms with van der Waals surface area (Å²) in [7, 11) is 0. The molecule has 0 aromatic heterocycles. The Balaban J connectivity index is 1.67. The van der Waals surface area contributed by atoms with Crippen molar-refractivity contribution in [3.8, 4) is 11.5 Å². The summed E-state index contributed by atoms with van der Waals surface area (Å²) in [6.07, 6.45) is 9.44. The van der Waals surface area contributed by atoms with Gasteiger partial charge in [0.15, 0.2) is 0 Å². The molecule has 0 aliphatic rings. The van der Waals surface area contributed by atoms with Crippen LogP contribution in [0.25, 0.3) is 0 Å². The highest BCUT2D eigenvalue weighted by molar-refractivity contribution is 6.04. The number of unbranched alkanes of at least 4 members (excludes halogenated alkanes) is 4. The van der Waals surface area contributed by atoms with Crippen LogP contribution in [-0.2, 0) is 10.8 Å². The second-order valence-corrected chi connectivity index (χ2v) is 12.1. The monoisotopic (exact) mass is 542 g/mol. The number of benzene rings is 3. The Morgan fingerprint density at radius 3 is 1.23 bits per heavy atom. The van der Waals surface area contributed by atoms with Crippen LogP contribution in [0, 0.1) is 0 Å². The first kappa shape index (κ1) is 31.1. The zero-order chi connectivity index (χ0) is 29.2. The molecular weight excluding hydrogens is 496 g/mol. The summed E-state index contributed by atoms with van der Waals surface area (Å²) in [5, 5.41) is 0. The molecule has 3 aromatic carbocycles. The van der Waals surface area contributed by atoms with Gasteiger partial charge in [0.1, 0.15) is 11.5 Å². The Hall–Kier alpha value is -3.40. The largest absolute Gasteiger partial charge is 0.423 e. The molecule has 4 nitrogen and oxygen atoms in total. The first-order valence-corrected chi connectivity index (χ1v) is 14.8. The quantitative estimate of drug-likeness (QED) is 0.116. The van der Waals surface area contributed by atoms with Crippen LogP contribution in [0.3, 0.4) is 0 Å². The van der Waals surface area contributed by atoms with Crippen molar-refractivity contribution in [3.05, 3.63) is 95.1 Å². The summed E-state index contributed by atoms with van der Waals surface area (Å²) in [5.41, 5.74) is 2.87. The van der Waals surface area contributed by atoms with Gasteiger partial charge in [-0.25, -0.2) is 9.59 Å². The van der Waals surface area contributed by atoms with E-state index in [-0.39, 0.29) is 22.0 Å². The molecule has 0 radical (unpaired) electrons. The molecule has 0 unspecified atom stereocenters. The molecule has 0 heterocycles. The van der Waals surface area contributed by atoms with E-state index >= 15 is 0 Å². The Morgan fingerprint density at radius 2 is 0.900 bits per heavy atom. The third-order valence-corrected chi connectivity index (χ3v) is 7.87. The topological polar surface area (TPSA) is 52.6 Å². The van der Waals surface area contributed by atoms with Gasteiger partial charge < -0.3 is 9.47 Å². The minimum Gasteiger partial charge on any atom is -0.423 e. The molecule has 0 saturated heterocycles. The molecule has 40 heavy (non-hydrogen) atoms. The Kier molecular flexibility index (Phi) is 11.1.